The summed E-state index contributed by atoms with van der Waals surface area (Å²) >= 11 is 0. The standard InChI is InChI=1S/C14H20O4S/c1-4-14(11(2)3,13(15)16)19(17,18)10-12-8-6-5-7-9-12/h5-9,11H,4,10H2,1-3H3,(H,15,16). The van der Waals surface area contributed by atoms with Crippen molar-refractivity contribution >= 4 is 15.8 Å². The highest BCUT2D eigenvalue weighted by atomic mass is 32.2. The molecule has 0 spiro atoms. The molecule has 0 aliphatic heterocycles. The lowest BCUT2D eigenvalue weighted by atomic mass is 9.92. The molecule has 0 aliphatic carbocycles. The normalized spacial score (nSPS) is 15.2. The number of carbonyl (C=O) groups is 1. The van der Waals surface area contributed by atoms with Gasteiger partial charge in [0.2, 0.25) is 0 Å². The van der Waals surface area contributed by atoms with Gasteiger partial charge in [-0.05, 0) is 17.9 Å². The zero-order chi connectivity index (χ0) is 14.7. The fraction of sp³-hybridized carbons (Fsp3) is 0.500. The summed E-state index contributed by atoms with van der Waals surface area (Å²) in [6.45, 7) is 4.89. The summed E-state index contributed by atoms with van der Waals surface area (Å²) in [5.41, 5.74) is 0.613. The van der Waals surface area contributed by atoms with E-state index in [2.05, 4.69) is 0 Å². The van der Waals surface area contributed by atoms with Gasteiger partial charge in [-0.25, -0.2) is 8.42 Å². The predicted molar refractivity (Wildman–Crippen MR) is 74.6 cm³/mol. The van der Waals surface area contributed by atoms with Crippen LogP contribution in [0.25, 0.3) is 0 Å². The molecule has 1 aromatic rings. The van der Waals surface area contributed by atoms with Crippen LogP contribution in [-0.2, 0) is 20.4 Å². The summed E-state index contributed by atoms with van der Waals surface area (Å²) in [7, 11) is -3.79. The van der Waals surface area contributed by atoms with Gasteiger partial charge in [-0.15, -0.1) is 0 Å². The molecule has 4 nitrogen and oxygen atoms in total. The quantitative estimate of drug-likeness (QED) is 0.871. The van der Waals surface area contributed by atoms with Crippen LogP contribution in [0.15, 0.2) is 30.3 Å². The Kier molecular flexibility index (Phi) is 4.74. The molecule has 0 saturated heterocycles. The van der Waals surface area contributed by atoms with Gasteiger partial charge in [0.25, 0.3) is 0 Å². The minimum absolute atomic E-state index is 0.0646. The van der Waals surface area contributed by atoms with E-state index in [1.165, 1.54) is 0 Å². The lowest BCUT2D eigenvalue weighted by Gasteiger charge is -2.31. The number of carboxylic acid groups (broad SMARTS) is 1. The van der Waals surface area contributed by atoms with Crippen molar-refractivity contribution in [2.24, 2.45) is 5.92 Å². The van der Waals surface area contributed by atoms with E-state index in [-0.39, 0.29) is 12.2 Å². The Morgan fingerprint density at radius 3 is 2.16 bits per heavy atom. The van der Waals surface area contributed by atoms with Crippen LogP contribution in [0.2, 0.25) is 0 Å². The minimum Gasteiger partial charge on any atom is -0.480 e. The molecule has 5 heteroatoms. The van der Waals surface area contributed by atoms with Crippen LogP contribution < -0.4 is 0 Å². The van der Waals surface area contributed by atoms with Gasteiger partial charge in [0.1, 0.15) is 0 Å². The summed E-state index contributed by atoms with van der Waals surface area (Å²) in [4.78, 5) is 11.6. The van der Waals surface area contributed by atoms with Gasteiger partial charge in [0.05, 0.1) is 5.75 Å². The molecule has 0 aromatic heterocycles. The van der Waals surface area contributed by atoms with Crippen LogP contribution in [0.5, 0.6) is 0 Å². The van der Waals surface area contributed by atoms with Crippen LogP contribution in [0.1, 0.15) is 32.8 Å². The number of hydrogen-bond donors (Lipinski definition) is 1. The number of hydrogen-bond acceptors (Lipinski definition) is 3. The van der Waals surface area contributed by atoms with Crippen molar-refractivity contribution < 1.29 is 18.3 Å². The van der Waals surface area contributed by atoms with Crippen molar-refractivity contribution in [2.45, 2.75) is 37.7 Å². The van der Waals surface area contributed by atoms with Crippen LogP contribution in [0.3, 0.4) is 0 Å². The fourth-order valence-corrected chi connectivity index (χ4v) is 4.75. The molecule has 19 heavy (non-hydrogen) atoms. The molecular weight excluding hydrogens is 264 g/mol. The third-order valence-corrected chi connectivity index (χ3v) is 6.33. The van der Waals surface area contributed by atoms with Gasteiger partial charge in [-0.3, -0.25) is 4.79 Å². The molecule has 0 heterocycles. The first-order valence-electron chi connectivity index (χ1n) is 6.27. The largest absolute Gasteiger partial charge is 0.480 e. The van der Waals surface area contributed by atoms with Gasteiger partial charge in [-0.2, -0.15) is 0 Å². The monoisotopic (exact) mass is 284 g/mol. The third kappa shape index (κ3) is 2.81. The number of aliphatic carboxylic acids is 1. The second-order valence-corrected chi connectivity index (χ2v) is 7.19. The minimum atomic E-state index is -3.79. The van der Waals surface area contributed by atoms with Crippen molar-refractivity contribution in [3.63, 3.8) is 0 Å². The van der Waals surface area contributed by atoms with Crippen LogP contribution in [0.4, 0.5) is 0 Å². The number of sulfone groups is 1. The highest BCUT2D eigenvalue weighted by Crippen LogP contribution is 2.33. The smallest absolute Gasteiger partial charge is 0.325 e. The van der Waals surface area contributed by atoms with E-state index in [0.29, 0.717) is 5.56 Å². The summed E-state index contributed by atoms with van der Waals surface area (Å²) in [5, 5.41) is 9.43. The molecule has 106 valence electrons. The second-order valence-electron chi connectivity index (χ2n) is 4.95. The summed E-state index contributed by atoms with van der Waals surface area (Å²) in [6.07, 6.45) is 0.0646. The van der Waals surface area contributed by atoms with E-state index >= 15 is 0 Å². The third-order valence-electron chi connectivity index (χ3n) is 3.57. The molecule has 0 bridgehead atoms. The van der Waals surface area contributed by atoms with Gasteiger partial charge in [0.15, 0.2) is 14.6 Å². The molecule has 0 radical (unpaired) electrons. The van der Waals surface area contributed by atoms with Gasteiger partial charge >= 0.3 is 5.97 Å². The van der Waals surface area contributed by atoms with Crippen molar-refractivity contribution in [3.8, 4) is 0 Å². The number of benzene rings is 1. The molecule has 0 amide bonds. The molecule has 1 unspecified atom stereocenters. The lowest BCUT2D eigenvalue weighted by Crippen LogP contribution is -2.50. The van der Waals surface area contributed by atoms with Crippen molar-refractivity contribution in [3.05, 3.63) is 35.9 Å². The van der Waals surface area contributed by atoms with Crippen LogP contribution in [-0.4, -0.2) is 24.2 Å². The Hall–Kier alpha value is -1.36. The van der Waals surface area contributed by atoms with Gasteiger partial charge < -0.3 is 5.11 Å². The van der Waals surface area contributed by atoms with Crippen molar-refractivity contribution in [1.82, 2.24) is 0 Å². The van der Waals surface area contributed by atoms with E-state index in [9.17, 15) is 18.3 Å². The Morgan fingerprint density at radius 2 is 1.79 bits per heavy atom. The highest BCUT2D eigenvalue weighted by molar-refractivity contribution is 7.92. The lowest BCUT2D eigenvalue weighted by molar-refractivity contribution is -0.141. The van der Waals surface area contributed by atoms with Gasteiger partial charge in [-0.1, -0.05) is 51.1 Å². The zero-order valence-electron chi connectivity index (χ0n) is 11.5. The van der Waals surface area contributed by atoms with Crippen LogP contribution >= 0.6 is 0 Å². The average Bonchev–Trinajstić information content (AvgIpc) is 2.29. The van der Waals surface area contributed by atoms with E-state index in [0.717, 1.165) is 0 Å². The summed E-state index contributed by atoms with van der Waals surface area (Å²) in [5.74, 6) is -1.99. The van der Waals surface area contributed by atoms with E-state index < -0.39 is 26.5 Å². The number of rotatable bonds is 6. The molecule has 0 saturated carbocycles. The summed E-state index contributed by atoms with van der Waals surface area (Å²) in [6, 6.07) is 8.67. The fourth-order valence-electron chi connectivity index (χ4n) is 2.44. The van der Waals surface area contributed by atoms with E-state index in [1.807, 2.05) is 0 Å². The van der Waals surface area contributed by atoms with E-state index in [4.69, 9.17) is 0 Å². The first-order chi connectivity index (χ1) is 8.78. The number of carboxylic acids is 1. The maximum Gasteiger partial charge on any atom is 0.325 e. The van der Waals surface area contributed by atoms with E-state index in [1.54, 1.807) is 51.1 Å². The topological polar surface area (TPSA) is 71.4 Å². The Morgan fingerprint density at radius 1 is 1.26 bits per heavy atom. The average molecular weight is 284 g/mol. The molecule has 1 atom stereocenters. The molecular formula is C14H20O4S. The Balaban J connectivity index is 3.26. The first kappa shape index (κ1) is 15.7. The maximum atomic E-state index is 12.6. The van der Waals surface area contributed by atoms with Crippen molar-refractivity contribution in [1.29, 1.82) is 0 Å². The maximum absolute atomic E-state index is 12.6. The molecule has 0 aliphatic rings. The van der Waals surface area contributed by atoms with Gasteiger partial charge in [0, 0.05) is 0 Å². The SMILES string of the molecule is CCC(C(=O)O)(C(C)C)S(=O)(=O)Cc1ccccc1. The molecule has 0 fully saturated rings. The van der Waals surface area contributed by atoms with Crippen LogP contribution in [0, 0.1) is 5.92 Å². The Bertz CT molecular complexity index is 534. The first-order valence-corrected chi connectivity index (χ1v) is 7.92. The predicted octanol–water partition coefficient (Wildman–Crippen LogP) is 2.49. The second kappa shape index (κ2) is 5.74. The van der Waals surface area contributed by atoms with Crippen molar-refractivity contribution in [2.75, 3.05) is 0 Å². The summed E-state index contributed by atoms with van der Waals surface area (Å²) < 4.78 is 23.4. The molecule has 1 N–H and O–H groups in total. The Labute approximate surface area is 114 Å². The molecule has 1 aromatic carbocycles. The zero-order valence-corrected chi connectivity index (χ0v) is 12.3. The molecule has 1 rings (SSSR count). The highest BCUT2D eigenvalue weighted by Gasteiger charge is 2.51.